The number of likely N-dealkylation sites (tertiary alicyclic amines) is 1. The minimum Gasteiger partial charge on any atom is -0.496 e. The van der Waals surface area contributed by atoms with Gasteiger partial charge in [-0.15, -0.1) is 0 Å². The Morgan fingerprint density at radius 3 is 2.79 bits per heavy atom. The van der Waals surface area contributed by atoms with Crippen LogP contribution in [-0.2, 0) is 6.54 Å². The number of piperidine rings is 1. The van der Waals surface area contributed by atoms with Crippen LogP contribution in [0.25, 0.3) is 0 Å². The van der Waals surface area contributed by atoms with Crippen molar-refractivity contribution in [3.8, 4) is 5.75 Å². The van der Waals surface area contributed by atoms with Gasteiger partial charge in [-0.1, -0.05) is 0 Å². The van der Waals surface area contributed by atoms with E-state index in [1.54, 1.807) is 12.0 Å². The predicted octanol–water partition coefficient (Wildman–Crippen LogP) is 1.10. The standard InChI is InChI=1S/C16H25NO2/c1-12-13(2)16(19-3)7-6-15(12)10-17-8-4-5-14(9-17)11-18/h6-7,14,18H,4-5,8-11H2,1-3H3/p+1/t14-/m0/s1. The Bertz CT molecular complexity index is 431. The maximum Gasteiger partial charge on any atom is 0.122 e. The van der Waals surface area contributed by atoms with Gasteiger partial charge in [0.15, 0.2) is 0 Å². The molecule has 0 amide bonds. The van der Waals surface area contributed by atoms with Crippen molar-refractivity contribution in [2.45, 2.75) is 33.2 Å². The second kappa shape index (κ2) is 6.40. The molecule has 3 nitrogen and oxygen atoms in total. The first kappa shape index (κ1) is 14.4. The summed E-state index contributed by atoms with van der Waals surface area (Å²) in [4.78, 5) is 1.60. The molecule has 0 saturated carbocycles. The Morgan fingerprint density at radius 1 is 1.32 bits per heavy atom. The summed E-state index contributed by atoms with van der Waals surface area (Å²) in [6.07, 6.45) is 2.41. The average Bonchev–Trinajstić information content (AvgIpc) is 2.44. The van der Waals surface area contributed by atoms with Crippen LogP contribution < -0.4 is 9.64 Å². The lowest BCUT2D eigenvalue weighted by atomic mass is 9.97. The maximum absolute atomic E-state index is 9.31. The molecule has 1 aromatic rings. The van der Waals surface area contributed by atoms with Crippen LogP contribution in [0, 0.1) is 19.8 Å². The molecule has 3 heteroatoms. The summed E-state index contributed by atoms with van der Waals surface area (Å²) < 4.78 is 5.37. The van der Waals surface area contributed by atoms with E-state index in [2.05, 4.69) is 26.0 Å². The molecular formula is C16H26NO2+. The molecular weight excluding hydrogens is 238 g/mol. The van der Waals surface area contributed by atoms with E-state index >= 15 is 0 Å². The van der Waals surface area contributed by atoms with Gasteiger partial charge < -0.3 is 14.7 Å². The second-order valence-corrected chi connectivity index (χ2v) is 5.75. The average molecular weight is 264 g/mol. The lowest BCUT2D eigenvalue weighted by molar-refractivity contribution is -0.922. The van der Waals surface area contributed by atoms with Gasteiger partial charge in [0.2, 0.25) is 0 Å². The highest BCUT2D eigenvalue weighted by atomic mass is 16.5. The number of rotatable bonds is 4. The van der Waals surface area contributed by atoms with Crippen molar-refractivity contribution in [1.82, 2.24) is 0 Å². The molecule has 0 spiro atoms. The van der Waals surface area contributed by atoms with Gasteiger partial charge in [0.25, 0.3) is 0 Å². The third-order valence-corrected chi connectivity index (χ3v) is 4.49. The number of aliphatic hydroxyl groups is 1. The van der Waals surface area contributed by atoms with Crippen LogP contribution in [0.2, 0.25) is 0 Å². The molecule has 2 rings (SSSR count). The smallest absolute Gasteiger partial charge is 0.122 e. The van der Waals surface area contributed by atoms with E-state index in [0.717, 1.165) is 18.8 Å². The van der Waals surface area contributed by atoms with Crippen molar-refractivity contribution in [3.05, 3.63) is 28.8 Å². The summed E-state index contributed by atoms with van der Waals surface area (Å²) in [6, 6.07) is 4.27. The van der Waals surface area contributed by atoms with Gasteiger partial charge in [-0.3, -0.25) is 0 Å². The van der Waals surface area contributed by atoms with Crippen molar-refractivity contribution in [3.63, 3.8) is 0 Å². The highest BCUT2D eigenvalue weighted by Crippen LogP contribution is 2.23. The zero-order valence-corrected chi connectivity index (χ0v) is 12.3. The summed E-state index contributed by atoms with van der Waals surface area (Å²) in [5.41, 5.74) is 4.00. The largest absolute Gasteiger partial charge is 0.496 e. The quantitative estimate of drug-likeness (QED) is 0.854. The summed E-state index contributed by atoms with van der Waals surface area (Å²) >= 11 is 0. The van der Waals surface area contributed by atoms with Crippen LogP contribution in [0.15, 0.2) is 12.1 Å². The zero-order valence-electron chi connectivity index (χ0n) is 12.3. The van der Waals surface area contributed by atoms with Gasteiger partial charge in [-0.25, -0.2) is 0 Å². The highest BCUT2D eigenvalue weighted by Gasteiger charge is 2.23. The molecule has 1 fully saturated rings. The Morgan fingerprint density at radius 2 is 2.11 bits per heavy atom. The summed E-state index contributed by atoms with van der Waals surface area (Å²) in [5.74, 6) is 1.46. The molecule has 0 radical (unpaired) electrons. The van der Waals surface area contributed by atoms with Crippen LogP contribution in [-0.4, -0.2) is 31.9 Å². The van der Waals surface area contributed by atoms with Gasteiger partial charge in [-0.2, -0.15) is 0 Å². The molecule has 1 saturated heterocycles. The van der Waals surface area contributed by atoms with Gasteiger partial charge in [0.05, 0.1) is 26.8 Å². The van der Waals surface area contributed by atoms with E-state index in [1.165, 1.54) is 36.1 Å². The number of benzene rings is 1. The number of hydrogen-bond donors (Lipinski definition) is 2. The van der Waals surface area contributed by atoms with E-state index in [0.29, 0.717) is 12.5 Å². The molecule has 0 aliphatic carbocycles. The third-order valence-electron chi connectivity index (χ3n) is 4.49. The van der Waals surface area contributed by atoms with Crippen LogP contribution in [0.5, 0.6) is 5.75 Å². The Hall–Kier alpha value is -1.06. The van der Waals surface area contributed by atoms with E-state index in [1.807, 2.05) is 0 Å². The summed E-state index contributed by atoms with van der Waals surface area (Å²) in [7, 11) is 1.73. The second-order valence-electron chi connectivity index (χ2n) is 5.75. The number of hydrogen-bond acceptors (Lipinski definition) is 2. The number of ether oxygens (including phenoxy) is 1. The summed E-state index contributed by atoms with van der Waals surface area (Å²) in [6.45, 7) is 8.03. The van der Waals surface area contributed by atoms with Gasteiger partial charge in [0.1, 0.15) is 12.3 Å². The normalized spacial score (nSPS) is 23.4. The molecule has 1 heterocycles. The lowest BCUT2D eigenvalue weighted by Gasteiger charge is -2.29. The van der Waals surface area contributed by atoms with Crippen molar-refractivity contribution >= 4 is 0 Å². The molecule has 0 aromatic heterocycles. The van der Waals surface area contributed by atoms with E-state index in [-0.39, 0.29) is 0 Å². The van der Waals surface area contributed by atoms with E-state index in [4.69, 9.17) is 4.74 Å². The SMILES string of the molecule is COc1ccc(C[NH+]2CCC[C@H](CO)C2)c(C)c1C. The first-order chi connectivity index (χ1) is 9.15. The van der Waals surface area contributed by atoms with Gasteiger partial charge in [-0.05, 0) is 49.9 Å². The molecule has 1 aliphatic rings. The molecule has 1 aromatic carbocycles. The number of nitrogens with one attached hydrogen (secondary N) is 1. The molecule has 106 valence electrons. The fourth-order valence-electron chi connectivity index (χ4n) is 3.10. The van der Waals surface area contributed by atoms with Gasteiger partial charge >= 0.3 is 0 Å². The van der Waals surface area contributed by atoms with E-state index < -0.39 is 0 Å². The molecule has 19 heavy (non-hydrogen) atoms. The molecule has 1 unspecified atom stereocenters. The topological polar surface area (TPSA) is 33.9 Å². The van der Waals surface area contributed by atoms with Crippen LogP contribution in [0.1, 0.15) is 29.5 Å². The minimum absolute atomic E-state index is 0.337. The minimum atomic E-state index is 0.337. The zero-order chi connectivity index (χ0) is 13.8. The molecule has 1 aliphatic heterocycles. The number of aliphatic hydroxyl groups excluding tert-OH is 1. The highest BCUT2D eigenvalue weighted by molar-refractivity contribution is 5.43. The monoisotopic (exact) mass is 264 g/mol. The number of methoxy groups -OCH3 is 1. The van der Waals surface area contributed by atoms with Gasteiger partial charge in [0, 0.05) is 11.5 Å². The third kappa shape index (κ3) is 3.28. The van der Waals surface area contributed by atoms with Crippen molar-refractivity contribution in [2.75, 3.05) is 26.8 Å². The van der Waals surface area contributed by atoms with E-state index in [9.17, 15) is 5.11 Å². The van der Waals surface area contributed by atoms with Crippen molar-refractivity contribution < 1.29 is 14.7 Å². The lowest BCUT2D eigenvalue weighted by Crippen LogP contribution is -3.12. The molecule has 2 atom stereocenters. The first-order valence-corrected chi connectivity index (χ1v) is 7.23. The Balaban J connectivity index is 2.09. The van der Waals surface area contributed by atoms with Crippen LogP contribution in [0.3, 0.4) is 0 Å². The van der Waals surface area contributed by atoms with Crippen LogP contribution in [0.4, 0.5) is 0 Å². The summed E-state index contributed by atoms with van der Waals surface area (Å²) in [5, 5.41) is 9.31. The Labute approximate surface area is 116 Å². The number of quaternary nitrogens is 1. The first-order valence-electron chi connectivity index (χ1n) is 7.23. The maximum atomic E-state index is 9.31. The van der Waals surface area contributed by atoms with Crippen molar-refractivity contribution in [1.29, 1.82) is 0 Å². The fraction of sp³-hybridized carbons (Fsp3) is 0.625. The fourth-order valence-corrected chi connectivity index (χ4v) is 3.10. The van der Waals surface area contributed by atoms with Crippen LogP contribution >= 0.6 is 0 Å². The Kier molecular flexibility index (Phi) is 4.83. The van der Waals surface area contributed by atoms with Crippen molar-refractivity contribution in [2.24, 2.45) is 5.92 Å². The molecule has 0 bridgehead atoms. The predicted molar refractivity (Wildman–Crippen MR) is 76.7 cm³/mol. The molecule has 2 N–H and O–H groups in total.